The van der Waals surface area contributed by atoms with Crippen LogP contribution in [-0.2, 0) is 27.9 Å². The molecule has 1 aliphatic rings. The number of phosphoric ester groups is 1. The lowest BCUT2D eigenvalue weighted by Gasteiger charge is -2.41. The van der Waals surface area contributed by atoms with Gasteiger partial charge in [-0.1, -0.05) is 160 Å². The Kier molecular flexibility index (Phi) is 36.3. The molecule has 0 aromatic carbocycles. The Hall–Kier alpha value is -1.18. The number of esters is 1. The Labute approximate surface area is 364 Å². The second-order valence-electron chi connectivity index (χ2n) is 17.0. The minimum Gasteiger partial charge on any atom is -0.457 e. The molecule has 0 aliphatic heterocycles. The summed E-state index contributed by atoms with van der Waals surface area (Å²) in [5.41, 5.74) is 0. The number of allylic oxidation sites excluding steroid dienone is 4. The van der Waals surface area contributed by atoms with E-state index in [9.17, 15) is 39.8 Å². The first-order chi connectivity index (χ1) is 29.0. The molecule has 6 atom stereocenters. The molecule has 60 heavy (non-hydrogen) atoms. The van der Waals surface area contributed by atoms with Crippen LogP contribution in [0.5, 0.6) is 0 Å². The predicted octanol–water partition coefficient (Wildman–Crippen LogP) is 10.1. The third kappa shape index (κ3) is 30.0. The number of aliphatic hydroxyl groups excluding tert-OH is 5. The maximum Gasteiger partial charge on any atom is 0.472 e. The average molecular weight is 877 g/mol. The van der Waals surface area contributed by atoms with E-state index < -0.39 is 63.1 Å². The minimum absolute atomic E-state index is 0.0796. The summed E-state index contributed by atoms with van der Waals surface area (Å²) in [5.74, 6) is -0.486. The van der Waals surface area contributed by atoms with Crippen molar-refractivity contribution in [3.63, 3.8) is 0 Å². The standard InChI is InChI=1S/C47H89O12P/c1-3-5-7-9-11-13-15-17-19-20-21-22-23-25-27-29-31-33-35-37-56-38-40(39-57-60(54,55)59-47-45(52)43(50)42(49)44(51)46(47)53)58-41(48)36-34-32-30-28-26-24-18-16-14-12-10-8-6-4-2/h16,18-20,40,42-47,49-53H,3-15,17,21-39H2,1-2H3,(H,54,55)/b18-16-,20-19-. The van der Waals surface area contributed by atoms with Crippen molar-refractivity contribution in [1.29, 1.82) is 0 Å². The molecule has 0 bridgehead atoms. The Morgan fingerprint density at radius 1 is 0.517 bits per heavy atom. The zero-order chi connectivity index (χ0) is 44.1. The largest absolute Gasteiger partial charge is 0.472 e. The van der Waals surface area contributed by atoms with Gasteiger partial charge in [0.05, 0.1) is 13.2 Å². The molecule has 0 radical (unpaired) electrons. The van der Waals surface area contributed by atoms with Crippen LogP contribution in [0.4, 0.5) is 0 Å². The van der Waals surface area contributed by atoms with Crippen molar-refractivity contribution in [2.45, 2.75) is 249 Å². The monoisotopic (exact) mass is 877 g/mol. The number of hydrogen-bond acceptors (Lipinski definition) is 11. The van der Waals surface area contributed by atoms with Gasteiger partial charge in [-0.25, -0.2) is 4.57 Å². The van der Waals surface area contributed by atoms with Gasteiger partial charge in [-0.15, -0.1) is 0 Å². The van der Waals surface area contributed by atoms with Crippen molar-refractivity contribution in [2.75, 3.05) is 19.8 Å². The topological polar surface area (TPSA) is 192 Å². The maximum absolute atomic E-state index is 12.8. The second kappa shape index (κ2) is 38.3. The Balaban J connectivity index is 2.37. The summed E-state index contributed by atoms with van der Waals surface area (Å²) in [7, 11) is -5.02. The van der Waals surface area contributed by atoms with Gasteiger partial charge in [0.15, 0.2) is 0 Å². The van der Waals surface area contributed by atoms with Crippen molar-refractivity contribution in [3.05, 3.63) is 24.3 Å². The summed E-state index contributed by atoms with van der Waals surface area (Å²) in [6.07, 6.45) is 31.0. The number of hydrogen-bond donors (Lipinski definition) is 6. The molecule has 0 spiro atoms. The summed E-state index contributed by atoms with van der Waals surface area (Å²) in [4.78, 5) is 23.2. The van der Waals surface area contributed by atoms with Gasteiger partial charge < -0.3 is 39.9 Å². The van der Waals surface area contributed by atoms with Gasteiger partial charge in [0, 0.05) is 13.0 Å². The van der Waals surface area contributed by atoms with Crippen molar-refractivity contribution >= 4 is 13.8 Å². The fraction of sp³-hybridized carbons (Fsp3) is 0.894. The Morgan fingerprint density at radius 2 is 0.883 bits per heavy atom. The van der Waals surface area contributed by atoms with Crippen LogP contribution in [0.2, 0.25) is 0 Å². The molecule has 1 rings (SSSR count). The number of carbonyl (C=O) groups is 1. The van der Waals surface area contributed by atoms with E-state index >= 15 is 0 Å². The van der Waals surface area contributed by atoms with Gasteiger partial charge in [-0.05, 0) is 64.2 Å². The average Bonchev–Trinajstić information content (AvgIpc) is 3.23. The molecule has 1 aliphatic carbocycles. The van der Waals surface area contributed by atoms with Crippen LogP contribution in [0.3, 0.4) is 0 Å². The molecular formula is C47H89O12P. The highest BCUT2D eigenvalue weighted by atomic mass is 31.2. The molecule has 0 aromatic rings. The van der Waals surface area contributed by atoms with Gasteiger partial charge in [-0.3, -0.25) is 13.8 Å². The quantitative estimate of drug-likeness (QED) is 0.0148. The van der Waals surface area contributed by atoms with E-state index in [1.807, 2.05) is 0 Å². The third-order valence-corrected chi connectivity index (χ3v) is 12.3. The second-order valence-corrected chi connectivity index (χ2v) is 18.4. The van der Waals surface area contributed by atoms with Gasteiger partial charge in [-0.2, -0.15) is 0 Å². The number of aliphatic hydroxyl groups is 5. The van der Waals surface area contributed by atoms with Crippen LogP contribution >= 0.6 is 7.82 Å². The molecule has 1 fully saturated rings. The van der Waals surface area contributed by atoms with E-state index in [4.69, 9.17) is 18.5 Å². The summed E-state index contributed by atoms with van der Waals surface area (Å²) in [5, 5.41) is 50.2. The molecule has 0 aromatic heterocycles. The van der Waals surface area contributed by atoms with E-state index in [2.05, 4.69) is 38.2 Å². The van der Waals surface area contributed by atoms with Crippen LogP contribution in [0.1, 0.15) is 206 Å². The molecule has 13 heteroatoms. The summed E-state index contributed by atoms with van der Waals surface area (Å²) in [6.45, 7) is 4.25. The van der Waals surface area contributed by atoms with Crippen LogP contribution in [-0.4, -0.2) is 98.9 Å². The van der Waals surface area contributed by atoms with E-state index in [0.717, 1.165) is 57.8 Å². The first kappa shape index (κ1) is 56.8. The van der Waals surface area contributed by atoms with Gasteiger partial charge in [0.1, 0.15) is 42.7 Å². The lowest BCUT2D eigenvalue weighted by Crippen LogP contribution is -2.64. The molecule has 1 saturated carbocycles. The molecule has 0 saturated heterocycles. The van der Waals surface area contributed by atoms with Crippen molar-refractivity contribution in [3.8, 4) is 0 Å². The van der Waals surface area contributed by atoms with Gasteiger partial charge in [0.25, 0.3) is 0 Å². The fourth-order valence-electron chi connectivity index (χ4n) is 7.40. The number of carbonyl (C=O) groups excluding carboxylic acids is 1. The lowest BCUT2D eigenvalue weighted by atomic mass is 9.85. The summed E-state index contributed by atoms with van der Waals surface area (Å²) >= 11 is 0. The highest BCUT2D eigenvalue weighted by molar-refractivity contribution is 7.47. The number of rotatable bonds is 41. The molecule has 0 heterocycles. The Bertz CT molecular complexity index is 1090. The summed E-state index contributed by atoms with van der Waals surface area (Å²) < 4.78 is 34.2. The van der Waals surface area contributed by atoms with E-state index in [0.29, 0.717) is 13.0 Å². The van der Waals surface area contributed by atoms with Crippen LogP contribution in [0, 0.1) is 0 Å². The number of phosphoric acid groups is 1. The van der Waals surface area contributed by atoms with Gasteiger partial charge >= 0.3 is 13.8 Å². The molecular weight excluding hydrogens is 787 g/mol. The van der Waals surface area contributed by atoms with E-state index in [1.54, 1.807) is 0 Å². The first-order valence-electron chi connectivity index (χ1n) is 24.2. The van der Waals surface area contributed by atoms with Crippen LogP contribution < -0.4 is 0 Å². The maximum atomic E-state index is 12.8. The molecule has 6 unspecified atom stereocenters. The molecule has 0 amide bonds. The molecule has 354 valence electrons. The normalized spacial score (nSPS) is 22.5. The highest BCUT2D eigenvalue weighted by Gasteiger charge is 2.51. The minimum atomic E-state index is -5.02. The Morgan fingerprint density at radius 3 is 1.32 bits per heavy atom. The zero-order valence-corrected chi connectivity index (χ0v) is 38.7. The van der Waals surface area contributed by atoms with E-state index in [1.165, 1.54) is 122 Å². The SMILES string of the molecule is CCCCCCC/C=C\CCCCCCCC(=O)OC(COCCCCCCCCCC/C=C\CCCCCCCCC)COP(=O)(O)OC1C(O)C(O)C(O)C(O)C1O. The number of ether oxygens (including phenoxy) is 2. The van der Waals surface area contributed by atoms with Crippen molar-refractivity contribution in [2.24, 2.45) is 0 Å². The molecule has 6 N–H and O–H groups in total. The fourth-order valence-corrected chi connectivity index (χ4v) is 8.38. The zero-order valence-electron chi connectivity index (χ0n) is 37.8. The molecule has 12 nitrogen and oxygen atoms in total. The van der Waals surface area contributed by atoms with Crippen LogP contribution in [0.25, 0.3) is 0 Å². The van der Waals surface area contributed by atoms with Crippen molar-refractivity contribution in [1.82, 2.24) is 0 Å². The predicted molar refractivity (Wildman–Crippen MR) is 240 cm³/mol. The first-order valence-corrected chi connectivity index (χ1v) is 25.7. The van der Waals surface area contributed by atoms with E-state index in [-0.39, 0.29) is 13.0 Å². The van der Waals surface area contributed by atoms with Crippen LogP contribution in [0.15, 0.2) is 24.3 Å². The smallest absolute Gasteiger partial charge is 0.457 e. The lowest BCUT2D eigenvalue weighted by molar-refractivity contribution is -0.220. The third-order valence-electron chi connectivity index (χ3n) is 11.3. The number of unbranched alkanes of at least 4 members (excludes halogenated alkanes) is 25. The highest BCUT2D eigenvalue weighted by Crippen LogP contribution is 2.47. The summed E-state index contributed by atoms with van der Waals surface area (Å²) in [6, 6.07) is 0. The van der Waals surface area contributed by atoms with Crippen molar-refractivity contribution < 1.29 is 58.3 Å². The van der Waals surface area contributed by atoms with Gasteiger partial charge in [0.2, 0.25) is 0 Å².